The molecule has 2 N–H and O–H groups in total. The number of methoxy groups -OCH3 is 1. The van der Waals surface area contributed by atoms with E-state index in [0.29, 0.717) is 34.0 Å². The van der Waals surface area contributed by atoms with Crippen LogP contribution in [0, 0.1) is 50.6 Å². The summed E-state index contributed by atoms with van der Waals surface area (Å²) in [4.78, 5) is 14.8. The summed E-state index contributed by atoms with van der Waals surface area (Å²) >= 11 is 0.887. The van der Waals surface area contributed by atoms with E-state index in [1.165, 1.54) is 63.6 Å². The van der Waals surface area contributed by atoms with E-state index in [1.807, 2.05) is 26.0 Å². The monoisotopic (exact) mass is 761 g/mol. The number of thioether (sulfide) groups is 1. The van der Waals surface area contributed by atoms with Gasteiger partial charge < -0.3 is 19.9 Å². The normalized spacial score (nSPS) is 19.9. The zero-order valence-electron chi connectivity index (χ0n) is 33.9. The number of fused-ring (bicyclic) bond motifs is 2. The van der Waals surface area contributed by atoms with E-state index in [9.17, 15) is 14.4 Å². The first-order valence-electron chi connectivity index (χ1n) is 19.4. The lowest BCUT2D eigenvalue weighted by Gasteiger charge is -2.31. The number of nitrogens with one attached hydrogen (secondary N) is 2. The maximum atomic E-state index is 16.0. The van der Waals surface area contributed by atoms with Gasteiger partial charge in [0.15, 0.2) is 11.7 Å². The van der Waals surface area contributed by atoms with E-state index in [4.69, 9.17) is 10.1 Å². The molecule has 0 amide bonds. The molecule has 5 rings (SSSR count). The first kappa shape index (κ1) is 44.5. The van der Waals surface area contributed by atoms with Gasteiger partial charge in [0.1, 0.15) is 22.7 Å². The number of nitrogens with zero attached hydrogens (tertiary/aromatic N) is 3. The highest BCUT2D eigenvalue weighted by Crippen LogP contribution is 2.31. The minimum Gasteiger partial charge on any atom is -0.483 e. The molecule has 2 fully saturated rings. The predicted molar refractivity (Wildman–Crippen MR) is 220 cm³/mol. The van der Waals surface area contributed by atoms with E-state index in [-0.39, 0.29) is 31.7 Å². The van der Waals surface area contributed by atoms with E-state index in [1.54, 1.807) is 13.2 Å². The van der Waals surface area contributed by atoms with Gasteiger partial charge in [0.2, 0.25) is 0 Å². The molecule has 294 valence electrons. The molecule has 10 heteroatoms. The number of carbonyl (C=O) groups is 1. The zero-order valence-corrected chi connectivity index (χ0v) is 34.7. The maximum absolute atomic E-state index is 16.0. The van der Waals surface area contributed by atoms with Crippen LogP contribution < -0.4 is 15.8 Å². The number of hydrogen-bond donors (Lipinski definition) is 2. The van der Waals surface area contributed by atoms with Crippen molar-refractivity contribution < 1.29 is 18.3 Å². The van der Waals surface area contributed by atoms with Crippen LogP contribution in [0.3, 0.4) is 0 Å². The molecular formula is C44H61F2N5O2S. The second-order valence-electron chi connectivity index (χ2n) is 14.7. The lowest BCUT2D eigenvalue weighted by molar-refractivity contribution is -0.112. The number of ether oxygens (including phenoxy) is 1. The van der Waals surface area contributed by atoms with Crippen molar-refractivity contribution in [2.45, 2.75) is 117 Å². The van der Waals surface area contributed by atoms with Gasteiger partial charge in [-0.1, -0.05) is 65.4 Å². The summed E-state index contributed by atoms with van der Waals surface area (Å²) in [6, 6.07) is 9.24. The van der Waals surface area contributed by atoms with Crippen molar-refractivity contribution in [3.05, 3.63) is 81.4 Å². The topological polar surface area (TPSA) is 92.5 Å². The number of carbonyl (C=O) groups excluding carboxylic acids is 1. The standard InChI is InChI=1S/C32H40F2N4OS.C8H15N.C4H6O/c1-8-11-29(39-7)37-28-17-24(22-14-15-26(33)31-30(22)25(18-35)32(36)40-31)27(34)16-23(28)20(5)38(6)21(10-3)13-12-19(4)9-2;1-7-5-8-3-2-4-9(8)6-7;1-3-4(2)5/h11,14-17,19,21,36-37H,8-10,12-13H2,1-7H3;7-8H,2-6H2,1H3;3H,1H2,2H3/b23-20+,24-22+,29-11-,36-32?;;/t;7-,8?;/m.1./s1. The maximum Gasteiger partial charge on any atom is 0.186 e. The van der Waals surface area contributed by atoms with Crippen molar-refractivity contribution in [1.82, 2.24) is 9.80 Å². The molecule has 3 aliphatic rings. The number of halogens is 2. The highest BCUT2D eigenvalue weighted by atomic mass is 32.2. The third kappa shape index (κ3) is 11.3. The fourth-order valence-corrected chi connectivity index (χ4v) is 8.28. The minimum absolute atomic E-state index is 0.0185. The van der Waals surface area contributed by atoms with Crippen LogP contribution in [0.15, 0.2) is 53.8 Å². The Morgan fingerprint density at radius 2 is 1.89 bits per heavy atom. The summed E-state index contributed by atoms with van der Waals surface area (Å²) in [7, 11) is 3.63. The van der Waals surface area contributed by atoms with Gasteiger partial charge in [-0.05, 0) is 113 Å². The summed E-state index contributed by atoms with van der Waals surface area (Å²) in [5.74, 6) is 1.16. The molecule has 3 heterocycles. The van der Waals surface area contributed by atoms with Crippen molar-refractivity contribution >= 4 is 39.5 Å². The third-order valence-electron chi connectivity index (χ3n) is 10.8. The van der Waals surface area contributed by atoms with Crippen LogP contribution in [0.25, 0.3) is 11.3 Å². The Hall–Kier alpha value is -3.94. The van der Waals surface area contributed by atoms with Crippen molar-refractivity contribution in [1.29, 1.82) is 10.7 Å². The summed E-state index contributed by atoms with van der Waals surface area (Å²) in [6.07, 6.45) is 12.6. The molecule has 7 nitrogen and oxygen atoms in total. The van der Waals surface area contributed by atoms with E-state index in [2.05, 4.69) is 56.4 Å². The minimum atomic E-state index is -0.532. The highest BCUT2D eigenvalue weighted by Gasteiger charge is 2.32. The van der Waals surface area contributed by atoms with Crippen molar-refractivity contribution in [2.75, 3.05) is 32.6 Å². The largest absolute Gasteiger partial charge is 0.483 e. The van der Waals surface area contributed by atoms with Crippen molar-refractivity contribution in [3.8, 4) is 6.07 Å². The molecule has 2 aromatic carbocycles. The molecule has 0 aliphatic carbocycles. The summed E-state index contributed by atoms with van der Waals surface area (Å²) in [5, 5.41) is 22.7. The van der Waals surface area contributed by atoms with Crippen LogP contribution in [-0.2, 0) is 9.53 Å². The average Bonchev–Trinajstić information content (AvgIpc) is 3.85. The molecule has 0 saturated carbocycles. The van der Waals surface area contributed by atoms with Gasteiger partial charge in [0, 0.05) is 47.0 Å². The lowest BCUT2D eigenvalue weighted by Crippen LogP contribution is -2.33. The highest BCUT2D eigenvalue weighted by molar-refractivity contribution is 8.15. The van der Waals surface area contributed by atoms with E-state index < -0.39 is 11.6 Å². The van der Waals surface area contributed by atoms with Crippen LogP contribution in [-0.4, -0.2) is 60.0 Å². The van der Waals surface area contributed by atoms with Gasteiger partial charge in [0.25, 0.3) is 0 Å². The molecule has 2 saturated heterocycles. The van der Waals surface area contributed by atoms with Crippen molar-refractivity contribution in [3.63, 3.8) is 0 Å². The summed E-state index contributed by atoms with van der Waals surface area (Å²) in [6.45, 7) is 20.5. The number of anilines is 1. The Kier molecular flexibility index (Phi) is 17.5. The van der Waals surface area contributed by atoms with Crippen LogP contribution in [0.4, 0.5) is 14.5 Å². The van der Waals surface area contributed by atoms with Gasteiger partial charge in [-0.25, -0.2) is 8.78 Å². The van der Waals surface area contributed by atoms with Gasteiger partial charge >= 0.3 is 0 Å². The molecule has 3 unspecified atom stereocenters. The molecule has 3 aliphatic heterocycles. The summed E-state index contributed by atoms with van der Waals surface area (Å²) < 4.78 is 36.3. The number of hydrogen-bond acceptors (Lipinski definition) is 8. The van der Waals surface area contributed by atoms with Crippen molar-refractivity contribution in [2.24, 2.45) is 11.8 Å². The molecular weight excluding hydrogens is 701 g/mol. The second-order valence-corrected chi connectivity index (χ2v) is 15.7. The number of nitriles is 1. The Morgan fingerprint density at radius 1 is 1.19 bits per heavy atom. The van der Waals surface area contributed by atoms with Gasteiger partial charge in [0.05, 0.1) is 23.3 Å². The zero-order chi connectivity index (χ0) is 40.1. The number of ketones is 1. The third-order valence-corrected chi connectivity index (χ3v) is 11.8. The fraction of sp³-hybridized carbons (Fsp3) is 0.523. The average molecular weight is 762 g/mol. The molecule has 4 atom stereocenters. The molecule has 0 bridgehead atoms. The quantitative estimate of drug-likeness (QED) is 0.165. The molecule has 0 aromatic heterocycles. The molecule has 2 aromatic rings. The van der Waals surface area contributed by atoms with Crippen LogP contribution in [0.5, 0.6) is 0 Å². The number of benzene rings is 2. The first-order valence-corrected chi connectivity index (χ1v) is 20.2. The molecule has 0 spiro atoms. The second kappa shape index (κ2) is 21.2. The first-order chi connectivity index (χ1) is 25.7. The van der Waals surface area contributed by atoms with Crippen LogP contribution >= 0.6 is 11.8 Å². The van der Waals surface area contributed by atoms with Gasteiger partial charge in [-0.2, -0.15) is 5.26 Å². The van der Waals surface area contributed by atoms with Crippen LogP contribution in [0.2, 0.25) is 0 Å². The summed E-state index contributed by atoms with van der Waals surface area (Å²) in [5.41, 5.74) is 1.60. The van der Waals surface area contributed by atoms with Gasteiger partial charge in [-0.15, -0.1) is 0 Å². The van der Waals surface area contributed by atoms with E-state index >= 15 is 4.39 Å². The molecule has 0 radical (unpaired) electrons. The molecule has 54 heavy (non-hydrogen) atoms. The predicted octanol–water partition coefficient (Wildman–Crippen LogP) is 9.24. The fourth-order valence-electron chi connectivity index (χ4n) is 7.35. The SMILES string of the molecule is C=CC(C)=O.CC/C=C(/Nc1c/c(=c2/ccc(F)c3c2=C(C#N)C(=N)S3)c(F)c/c1=C(/C)N(C)C(CC)CCC(C)CC)OC.C[C@@H]1CC2CCCN2C1. The lowest BCUT2D eigenvalue weighted by atomic mass is 9.97. The Balaban J connectivity index is 0.000000463. The Labute approximate surface area is 326 Å². The number of rotatable bonds is 12. The van der Waals surface area contributed by atoms with Gasteiger partial charge in [-0.3, -0.25) is 10.2 Å². The van der Waals surface area contributed by atoms with E-state index in [0.717, 1.165) is 61.5 Å². The Morgan fingerprint density at radius 3 is 2.46 bits per heavy atom. The smallest absolute Gasteiger partial charge is 0.186 e. The Bertz CT molecular complexity index is 1940. The number of allylic oxidation sites excluding steroid dienone is 2. The van der Waals surface area contributed by atoms with Crippen LogP contribution in [0.1, 0.15) is 99.8 Å².